The predicted molar refractivity (Wildman–Crippen MR) is 111 cm³/mol. The zero-order valence-electron chi connectivity index (χ0n) is 15.0. The van der Waals surface area contributed by atoms with Crippen molar-refractivity contribution in [2.75, 3.05) is 10.6 Å². The molecule has 0 fully saturated rings. The van der Waals surface area contributed by atoms with E-state index >= 15 is 0 Å². The number of anilines is 3. The van der Waals surface area contributed by atoms with Gasteiger partial charge in [0, 0.05) is 28.5 Å². The van der Waals surface area contributed by atoms with Crippen LogP contribution < -0.4 is 10.6 Å². The minimum absolute atomic E-state index is 0.250. The van der Waals surface area contributed by atoms with Gasteiger partial charge in [0.25, 0.3) is 5.91 Å². The lowest BCUT2D eigenvalue weighted by molar-refractivity contribution is 0.102. The van der Waals surface area contributed by atoms with Crippen molar-refractivity contribution < 1.29 is 4.79 Å². The maximum Gasteiger partial charge on any atom is 0.274 e. The topological polar surface area (TPSA) is 79.8 Å². The summed E-state index contributed by atoms with van der Waals surface area (Å²) in [4.78, 5) is 25.5. The average molecular weight is 390 g/mol. The summed E-state index contributed by atoms with van der Waals surface area (Å²) >= 11 is 5.96. The smallest absolute Gasteiger partial charge is 0.274 e. The molecule has 2 N–H and O–H groups in total. The molecule has 0 bridgehead atoms. The van der Waals surface area contributed by atoms with Crippen molar-refractivity contribution in [2.45, 2.75) is 6.92 Å². The molecule has 0 unspecified atom stereocenters. The summed E-state index contributed by atoms with van der Waals surface area (Å²) in [5.41, 5.74) is 3.38. The fraction of sp³-hybridized carbons (Fsp3) is 0.0476. The number of aromatic nitrogens is 3. The van der Waals surface area contributed by atoms with Gasteiger partial charge in [0.2, 0.25) is 5.95 Å². The van der Waals surface area contributed by atoms with E-state index in [1.807, 2.05) is 37.3 Å². The number of hydrogen-bond donors (Lipinski definition) is 2. The third kappa shape index (κ3) is 3.77. The number of para-hydroxylation sites is 1. The van der Waals surface area contributed by atoms with Crippen molar-refractivity contribution in [3.63, 3.8) is 0 Å². The van der Waals surface area contributed by atoms with Crippen molar-refractivity contribution in [3.8, 4) is 0 Å². The van der Waals surface area contributed by atoms with E-state index < -0.39 is 0 Å². The molecule has 0 radical (unpaired) electrons. The Hall–Kier alpha value is -3.51. The molecule has 0 aliphatic carbocycles. The van der Waals surface area contributed by atoms with Crippen LogP contribution in [0.25, 0.3) is 10.9 Å². The number of aryl methyl sites for hydroxylation is 1. The fourth-order valence-corrected chi connectivity index (χ4v) is 3.05. The molecule has 4 rings (SSSR count). The van der Waals surface area contributed by atoms with Crippen molar-refractivity contribution in [3.05, 3.63) is 83.3 Å². The molecule has 138 valence electrons. The number of benzene rings is 2. The van der Waals surface area contributed by atoms with Crippen LogP contribution in [0, 0.1) is 6.92 Å². The molecule has 6 nitrogen and oxygen atoms in total. The summed E-state index contributed by atoms with van der Waals surface area (Å²) in [6, 6.07) is 16.5. The fourth-order valence-electron chi connectivity index (χ4n) is 2.82. The SMILES string of the molecule is Cc1cc(Cl)ccc1NC(=O)c1ccnc(Nc2cccc3cccnc23)n1. The minimum atomic E-state index is -0.327. The van der Waals surface area contributed by atoms with E-state index in [0.717, 1.165) is 22.2 Å². The van der Waals surface area contributed by atoms with Gasteiger partial charge in [0.05, 0.1) is 11.2 Å². The second kappa shape index (κ2) is 7.62. The molecule has 28 heavy (non-hydrogen) atoms. The van der Waals surface area contributed by atoms with Gasteiger partial charge in [-0.15, -0.1) is 0 Å². The molecular weight excluding hydrogens is 374 g/mol. The first kappa shape index (κ1) is 17.9. The maximum atomic E-state index is 12.6. The molecule has 2 aromatic carbocycles. The minimum Gasteiger partial charge on any atom is -0.322 e. The Morgan fingerprint density at radius 1 is 0.964 bits per heavy atom. The summed E-state index contributed by atoms with van der Waals surface area (Å²) in [5, 5.41) is 7.61. The highest BCUT2D eigenvalue weighted by molar-refractivity contribution is 6.30. The molecule has 0 spiro atoms. The number of pyridine rings is 1. The Labute approximate surface area is 166 Å². The Morgan fingerprint density at radius 2 is 1.82 bits per heavy atom. The molecule has 0 aliphatic rings. The molecule has 0 saturated heterocycles. The highest BCUT2D eigenvalue weighted by Crippen LogP contribution is 2.23. The molecule has 0 saturated carbocycles. The number of nitrogens with zero attached hydrogens (tertiary/aromatic N) is 3. The molecular formula is C21H16ClN5O. The molecule has 0 aliphatic heterocycles. The first-order chi connectivity index (χ1) is 13.6. The van der Waals surface area contributed by atoms with Gasteiger partial charge < -0.3 is 10.6 Å². The lowest BCUT2D eigenvalue weighted by Crippen LogP contribution is -2.15. The molecule has 2 heterocycles. The number of carbonyl (C=O) groups excluding carboxylic acids is 1. The summed E-state index contributed by atoms with van der Waals surface area (Å²) in [6.45, 7) is 1.88. The standard InChI is InChI=1S/C21H16ClN5O/c1-13-12-15(22)7-8-16(13)25-20(28)18-9-11-24-21(27-18)26-17-6-2-4-14-5-3-10-23-19(14)17/h2-12H,1H3,(H,25,28)(H,24,26,27). The number of nitrogens with one attached hydrogen (secondary N) is 2. The largest absolute Gasteiger partial charge is 0.322 e. The number of carbonyl (C=O) groups is 1. The van der Waals surface area contributed by atoms with E-state index in [1.165, 1.54) is 6.20 Å². The molecule has 2 aromatic heterocycles. The summed E-state index contributed by atoms with van der Waals surface area (Å²) < 4.78 is 0. The molecule has 4 aromatic rings. The van der Waals surface area contributed by atoms with E-state index in [9.17, 15) is 4.79 Å². The van der Waals surface area contributed by atoms with Gasteiger partial charge in [-0.1, -0.05) is 29.8 Å². The van der Waals surface area contributed by atoms with Gasteiger partial charge in [0.1, 0.15) is 5.69 Å². The van der Waals surface area contributed by atoms with Crippen LogP contribution in [0.5, 0.6) is 0 Å². The van der Waals surface area contributed by atoms with Crippen LogP contribution in [0.15, 0.2) is 67.0 Å². The Bertz CT molecular complexity index is 1170. The predicted octanol–water partition coefficient (Wildman–Crippen LogP) is 4.98. The van der Waals surface area contributed by atoms with Gasteiger partial charge in [-0.05, 0) is 48.9 Å². The van der Waals surface area contributed by atoms with E-state index in [4.69, 9.17) is 11.6 Å². The van der Waals surface area contributed by atoms with Gasteiger partial charge in [-0.2, -0.15) is 0 Å². The normalized spacial score (nSPS) is 10.6. The number of fused-ring (bicyclic) bond motifs is 1. The number of halogens is 1. The van der Waals surface area contributed by atoms with E-state index in [-0.39, 0.29) is 11.6 Å². The summed E-state index contributed by atoms with van der Waals surface area (Å²) in [7, 11) is 0. The third-order valence-electron chi connectivity index (χ3n) is 4.20. The van der Waals surface area contributed by atoms with E-state index in [1.54, 1.807) is 30.5 Å². The van der Waals surface area contributed by atoms with Gasteiger partial charge in [0.15, 0.2) is 0 Å². The highest BCUT2D eigenvalue weighted by atomic mass is 35.5. The Morgan fingerprint density at radius 3 is 2.68 bits per heavy atom. The van der Waals surface area contributed by atoms with Crippen LogP contribution in [0.2, 0.25) is 5.02 Å². The van der Waals surface area contributed by atoms with Gasteiger partial charge in [-0.3, -0.25) is 9.78 Å². The van der Waals surface area contributed by atoms with Crippen molar-refractivity contribution in [1.29, 1.82) is 0 Å². The zero-order chi connectivity index (χ0) is 19.5. The van der Waals surface area contributed by atoms with Crippen molar-refractivity contribution >= 4 is 45.7 Å². The van der Waals surface area contributed by atoms with Crippen LogP contribution in [0.1, 0.15) is 16.1 Å². The first-order valence-corrected chi connectivity index (χ1v) is 8.99. The number of rotatable bonds is 4. The molecule has 7 heteroatoms. The van der Waals surface area contributed by atoms with Crippen LogP contribution in [0.3, 0.4) is 0 Å². The number of amides is 1. The lowest BCUT2D eigenvalue weighted by atomic mass is 10.2. The highest BCUT2D eigenvalue weighted by Gasteiger charge is 2.12. The van der Waals surface area contributed by atoms with Gasteiger partial charge >= 0.3 is 0 Å². The summed E-state index contributed by atoms with van der Waals surface area (Å²) in [5.74, 6) is -0.00875. The van der Waals surface area contributed by atoms with E-state index in [0.29, 0.717) is 16.7 Å². The Kier molecular flexibility index (Phi) is 4.87. The number of hydrogen-bond acceptors (Lipinski definition) is 5. The zero-order valence-corrected chi connectivity index (χ0v) is 15.7. The Balaban J connectivity index is 1.58. The maximum absolute atomic E-state index is 12.6. The second-order valence-electron chi connectivity index (χ2n) is 6.18. The van der Waals surface area contributed by atoms with Crippen LogP contribution in [-0.4, -0.2) is 20.9 Å². The second-order valence-corrected chi connectivity index (χ2v) is 6.62. The summed E-state index contributed by atoms with van der Waals surface area (Å²) in [6.07, 6.45) is 3.27. The van der Waals surface area contributed by atoms with E-state index in [2.05, 4.69) is 25.6 Å². The van der Waals surface area contributed by atoms with Crippen LogP contribution in [0.4, 0.5) is 17.3 Å². The monoisotopic (exact) mass is 389 g/mol. The quantitative estimate of drug-likeness (QED) is 0.514. The lowest BCUT2D eigenvalue weighted by Gasteiger charge is -2.10. The van der Waals surface area contributed by atoms with Crippen molar-refractivity contribution in [2.24, 2.45) is 0 Å². The first-order valence-electron chi connectivity index (χ1n) is 8.61. The third-order valence-corrected chi connectivity index (χ3v) is 4.44. The molecule has 1 amide bonds. The average Bonchev–Trinajstić information content (AvgIpc) is 2.70. The van der Waals surface area contributed by atoms with Gasteiger partial charge in [-0.25, -0.2) is 9.97 Å². The van der Waals surface area contributed by atoms with Crippen LogP contribution >= 0.6 is 11.6 Å². The van der Waals surface area contributed by atoms with Crippen LogP contribution in [-0.2, 0) is 0 Å². The molecule has 0 atom stereocenters. The van der Waals surface area contributed by atoms with Crippen molar-refractivity contribution in [1.82, 2.24) is 15.0 Å².